The zero-order valence-electron chi connectivity index (χ0n) is 12.6. The van der Waals surface area contributed by atoms with Gasteiger partial charge >= 0.3 is 0 Å². The Bertz CT molecular complexity index is 876. The number of hydrogen-bond acceptors (Lipinski definition) is 3. The second-order valence-corrected chi connectivity index (χ2v) is 6.14. The summed E-state index contributed by atoms with van der Waals surface area (Å²) in [7, 11) is 0. The van der Waals surface area contributed by atoms with E-state index in [0.717, 1.165) is 40.6 Å². The summed E-state index contributed by atoms with van der Waals surface area (Å²) in [4.78, 5) is 0. The number of nitrogens with one attached hydrogen (secondary N) is 1. The SMILES string of the molecule is Fc1cc(F)cc(-c2ccc(-c3cccc4c3OSNC4)cc2)c1. The van der Waals surface area contributed by atoms with Gasteiger partial charge in [0.25, 0.3) is 0 Å². The van der Waals surface area contributed by atoms with Gasteiger partial charge in [0.2, 0.25) is 0 Å². The molecule has 24 heavy (non-hydrogen) atoms. The van der Waals surface area contributed by atoms with Gasteiger partial charge in [-0.25, -0.2) is 13.5 Å². The van der Waals surface area contributed by atoms with Crippen molar-refractivity contribution in [2.75, 3.05) is 0 Å². The van der Waals surface area contributed by atoms with Gasteiger partial charge in [-0.15, -0.1) is 0 Å². The standard InChI is InChI=1S/C19H13F2NOS/c20-16-8-15(9-17(21)10-16)12-4-6-13(7-5-12)18-3-1-2-14-11-22-24-23-19(14)18/h1-10,22H,11H2. The molecule has 0 amide bonds. The van der Waals surface area contributed by atoms with Crippen molar-refractivity contribution in [1.82, 2.24) is 4.72 Å². The molecule has 2 nitrogen and oxygen atoms in total. The van der Waals surface area contributed by atoms with Crippen LogP contribution in [0.5, 0.6) is 5.75 Å². The van der Waals surface area contributed by atoms with Crippen LogP contribution < -0.4 is 8.91 Å². The van der Waals surface area contributed by atoms with E-state index in [0.29, 0.717) is 5.56 Å². The molecule has 0 saturated carbocycles. The third kappa shape index (κ3) is 2.88. The van der Waals surface area contributed by atoms with E-state index in [2.05, 4.69) is 4.72 Å². The van der Waals surface area contributed by atoms with E-state index >= 15 is 0 Å². The molecule has 0 unspecified atom stereocenters. The molecule has 0 fully saturated rings. The van der Waals surface area contributed by atoms with E-state index in [1.807, 2.05) is 42.5 Å². The van der Waals surface area contributed by atoms with E-state index in [1.54, 1.807) is 0 Å². The molecule has 3 aromatic carbocycles. The molecule has 3 aromatic rings. The van der Waals surface area contributed by atoms with Crippen molar-refractivity contribution in [1.29, 1.82) is 0 Å². The van der Waals surface area contributed by atoms with Crippen molar-refractivity contribution in [2.24, 2.45) is 0 Å². The van der Waals surface area contributed by atoms with Crippen LogP contribution in [0.4, 0.5) is 8.78 Å². The van der Waals surface area contributed by atoms with Crippen LogP contribution in [0.15, 0.2) is 60.7 Å². The zero-order valence-corrected chi connectivity index (χ0v) is 13.4. The highest BCUT2D eigenvalue weighted by atomic mass is 32.2. The van der Waals surface area contributed by atoms with Crippen molar-refractivity contribution in [3.05, 3.63) is 77.9 Å². The molecule has 0 aromatic heterocycles. The molecule has 4 rings (SSSR count). The van der Waals surface area contributed by atoms with E-state index in [4.69, 9.17) is 4.18 Å². The summed E-state index contributed by atoms with van der Waals surface area (Å²) in [5, 5.41) is 0. The van der Waals surface area contributed by atoms with Crippen LogP contribution in [0, 0.1) is 11.6 Å². The summed E-state index contributed by atoms with van der Waals surface area (Å²) >= 11 is 1.22. The first-order valence-electron chi connectivity index (χ1n) is 7.46. The van der Waals surface area contributed by atoms with Crippen molar-refractivity contribution in [3.63, 3.8) is 0 Å². The second kappa shape index (κ2) is 6.26. The Hall–Kier alpha value is -2.37. The summed E-state index contributed by atoms with van der Waals surface area (Å²) in [6.07, 6.45) is 0. The Kier molecular flexibility index (Phi) is 3.96. The molecule has 0 aliphatic carbocycles. The lowest BCUT2D eigenvalue weighted by Gasteiger charge is -2.19. The predicted molar refractivity (Wildman–Crippen MR) is 92.3 cm³/mol. The lowest BCUT2D eigenvalue weighted by Crippen LogP contribution is -2.12. The zero-order chi connectivity index (χ0) is 16.5. The maximum Gasteiger partial charge on any atom is 0.151 e. The van der Waals surface area contributed by atoms with Gasteiger partial charge in [0.15, 0.2) is 5.75 Å². The van der Waals surface area contributed by atoms with Crippen LogP contribution in [0.3, 0.4) is 0 Å². The fourth-order valence-electron chi connectivity index (χ4n) is 2.79. The Morgan fingerprint density at radius 3 is 2.29 bits per heavy atom. The number of fused-ring (bicyclic) bond motifs is 1. The molecule has 0 atom stereocenters. The maximum atomic E-state index is 13.4. The lowest BCUT2D eigenvalue weighted by atomic mass is 9.98. The van der Waals surface area contributed by atoms with E-state index in [-0.39, 0.29) is 0 Å². The predicted octanol–water partition coefficient (Wildman–Crippen LogP) is 5.34. The van der Waals surface area contributed by atoms with Crippen molar-refractivity contribution in [3.8, 4) is 28.0 Å². The monoisotopic (exact) mass is 341 g/mol. The first kappa shape index (κ1) is 15.2. The van der Waals surface area contributed by atoms with Gasteiger partial charge < -0.3 is 4.18 Å². The van der Waals surface area contributed by atoms with Crippen LogP contribution >= 0.6 is 12.2 Å². The maximum absolute atomic E-state index is 13.4. The molecular formula is C19H13F2NOS. The van der Waals surface area contributed by atoms with Crippen LogP contribution in [0.1, 0.15) is 5.56 Å². The van der Waals surface area contributed by atoms with E-state index in [1.165, 1.54) is 24.4 Å². The number of hydrogen-bond donors (Lipinski definition) is 1. The van der Waals surface area contributed by atoms with Gasteiger partial charge in [-0.05, 0) is 28.8 Å². The molecule has 1 aliphatic heterocycles. The summed E-state index contributed by atoms with van der Waals surface area (Å²) in [5.74, 6) is -0.306. The lowest BCUT2D eigenvalue weighted by molar-refractivity contribution is 0.584. The van der Waals surface area contributed by atoms with Gasteiger partial charge in [-0.1, -0.05) is 42.5 Å². The molecule has 0 saturated heterocycles. The van der Waals surface area contributed by atoms with Gasteiger partial charge in [0, 0.05) is 23.7 Å². The van der Waals surface area contributed by atoms with Gasteiger partial charge in [-0.2, -0.15) is 0 Å². The molecular weight excluding hydrogens is 328 g/mol. The molecule has 0 radical (unpaired) electrons. The highest BCUT2D eigenvalue weighted by Crippen LogP contribution is 2.37. The second-order valence-electron chi connectivity index (χ2n) is 5.52. The van der Waals surface area contributed by atoms with Crippen LogP contribution in [0.2, 0.25) is 0 Å². The molecule has 5 heteroatoms. The number of halogens is 2. The quantitative estimate of drug-likeness (QED) is 0.502. The number of benzene rings is 3. The van der Waals surface area contributed by atoms with Crippen molar-refractivity contribution >= 4 is 12.2 Å². The third-order valence-corrected chi connectivity index (χ3v) is 4.45. The average molecular weight is 341 g/mol. The highest BCUT2D eigenvalue weighted by molar-refractivity contribution is 7.93. The largest absolute Gasteiger partial charge is 0.409 e. The molecule has 0 bridgehead atoms. The summed E-state index contributed by atoms with van der Waals surface area (Å²) in [6.45, 7) is 0.745. The first-order chi connectivity index (χ1) is 11.7. The summed E-state index contributed by atoms with van der Waals surface area (Å²) in [5.41, 5.74) is 4.38. The van der Waals surface area contributed by atoms with E-state index in [9.17, 15) is 8.78 Å². The minimum atomic E-state index is -0.580. The number of rotatable bonds is 2. The van der Waals surface area contributed by atoms with Gasteiger partial charge in [0.05, 0.1) is 0 Å². The third-order valence-electron chi connectivity index (χ3n) is 3.93. The molecule has 120 valence electrons. The minimum Gasteiger partial charge on any atom is -0.409 e. The smallest absolute Gasteiger partial charge is 0.151 e. The molecule has 1 heterocycles. The van der Waals surface area contributed by atoms with E-state index < -0.39 is 11.6 Å². The summed E-state index contributed by atoms with van der Waals surface area (Å²) in [6, 6.07) is 17.1. The minimum absolute atomic E-state index is 0.519. The van der Waals surface area contributed by atoms with Crippen LogP contribution in [-0.4, -0.2) is 0 Å². The van der Waals surface area contributed by atoms with Crippen LogP contribution in [0.25, 0.3) is 22.3 Å². The Morgan fingerprint density at radius 1 is 0.833 bits per heavy atom. The highest BCUT2D eigenvalue weighted by Gasteiger charge is 2.16. The van der Waals surface area contributed by atoms with Gasteiger partial charge in [-0.3, -0.25) is 0 Å². The fourth-order valence-corrected chi connectivity index (χ4v) is 3.34. The topological polar surface area (TPSA) is 21.3 Å². The average Bonchev–Trinajstić information content (AvgIpc) is 2.60. The Morgan fingerprint density at radius 2 is 1.54 bits per heavy atom. The van der Waals surface area contributed by atoms with Crippen molar-refractivity contribution < 1.29 is 13.0 Å². The van der Waals surface area contributed by atoms with Crippen LogP contribution in [-0.2, 0) is 6.54 Å². The summed E-state index contributed by atoms with van der Waals surface area (Å²) < 4.78 is 35.5. The normalized spacial score (nSPS) is 13.2. The number of para-hydroxylation sites is 1. The Labute approximate surface area is 142 Å². The van der Waals surface area contributed by atoms with Gasteiger partial charge in [0.1, 0.15) is 23.9 Å². The molecule has 1 aliphatic rings. The first-order valence-corrected chi connectivity index (χ1v) is 8.20. The van der Waals surface area contributed by atoms with Crippen molar-refractivity contribution in [2.45, 2.75) is 6.54 Å². The molecule has 0 spiro atoms. The molecule has 1 N–H and O–H groups in total. The fraction of sp³-hybridized carbons (Fsp3) is 0.0526. The Balaban J connectivity index is 1.72.